The highest BCUT2D eigenvalue weighted by Gasteiger charge is 2.59. The Morgan fingerprint density at radius 1 is 1.05 bits per heavy atom. The SMILES string of the molecule is C=C1C[C@@]2(C)C(=CC1=O)CC[C@@H]1[C@@H]2CC[C@]2(C)C(=O)CC[C@@H]12. The van der Waals surface area contributed by atoms with Gasteiger partial charge in [0.1, 0.15) is 5.78 Å². The second kappa shape index (κ2) is 4.43. The summed E-state index contributed by atoms with van der Waals surface area (Å²) < 4.78 is 0. The second-order valence-corrected chi connectivity index (χ2v) is 8.57. The molecule has 3 fully saturated rings. The van der Waals surface area contributed by atoms with Crippen LogP contribution in [0.1, 0.15) is 58.8 Å². The standard InChI is InChI=1S/C20H26O2/c1-12-11-20(3)13(10-17(12)21)4-5-14-15-6-7-18(22)19(15,2)9-8-16(14)20/h10,14-16H,1,4-9,11H2,2-3H3/t14-,15-,16-,19-,20-/m0/s1. The Bertz CT molecular complexity index is 613. The minimum absolute atomic E-state index is 0.0553. The van der Waals surface area contributed by atoms with Crippen LogP contribution >= 0.6 is 0 Å². The Labute approximate surface area is 133 Å². The van der Waals surface area contributed by atoms with Crippen molar-refractivity contribution in [2.75, 3.05) is 0 Å². The van der Waals surface area contributed by atoms with Crippen LogP contribution in [-0.4, -0.2) is 11.6 Å². The summed E-state index contributed by atoms with van der Waals surface area (Å²) in [6, 6.07) is 0. The van der Waals surface area contributed by atoms with Gasteiger partial charge >= 0.3 is 0 Å². The van der Waals surface area contributed by atoms with Gasteiger partial charge in [-0.3, -0.25) is 9.59 Å². The van der Waals surface area contributed by atoms with Crippen LogP contribution in [0.2, 0.25) is 0 Å². The highest BCUT2D eigenvalue weighted by molar-refractivity contribution is 6.05. The third-order valence-corrected chi connectivity index (χ3v) is 7.68. The van der Waals surface area contributed by atoms with Gasteiger partial charge in [-0.25, -0.2) is 0 Å². The second-order valence-electron chi connectivity index (χ2n) is 8.57. The van der Waals surface area contributed by atoms with Gasteiger partial charge in [0.15, 0.2) is 5.78 Å². The first-order valence-corrected chi connectivity index (χ1v) is 8.83. The van der Waals surface area contributed by atoms with Crippen molar-refractivity contribution < 1.29 is 9.59 Å². The summed E-state index contributed by atoms with van der Waals surface area (Å²) in [6.07, 6.45) is 8.98. The van der Waals surface area contributed by atoms with E-state index in [1.165, 1.54) is 12.0 Å². The zero-order valence-corrected chi connectivity index (χ0v) is 13.8. The van der Waals surface area contributed by atoms with E-state index in [0.29, 0.717) is 23.5 Å². The summed E-state index contributed by atoms with van der Waals surface area (Å²) in [5, 5.41) is 0. The van der Waals surface area contributed by atoms with Crippen LogP contribution in [0.5, 0.6) is 0 Å². The molecule has 0 spiro atoms. The fraction of sp³-hybridized carbons (Fsp3) is 0.700. The predicted octanol–water partition coefficient (Wildman–Crippen LogP) is 4.25. The zero-order chi connectivity index (χ0) is 15.7. The van der Waals surface area contributed by atoms with Gasteiger partial charge in [-0.15, -0.1) is 0 Å². The van der Waals surface area contributed by atoms with Crippen LogP contribution in [0.3, 0.4) is 0 Å². The highest BCUT2D eigenvalue weighted by Crippen LogP contribution is 2.64. The zero-order valence-electron chi connectivity index (χ0n) is 13.8. The van der Waals surface area contributed by atoms with Crippen molar-refractivity contribution in [3.63, 3.8) is 0 Å². The monoisotopic (exact) mass is 298 g/mol. The molecule has 0 unspecified atom stereocenters. The Balaban J connectivity index is 1.73. The largest absolute Gasteiger partial charge is 0.299 e. The Morgan fingerprint density at radius 3 is 2.55 bits per heavy atom. The Kier molecular flexibility index (Phi) is 2.90. The molecule has 2 heteroatoms. The number of hydrogen-bond acceptors (Lipinski definition) is 2. The number of Topliss-reactive ketones (excluding diaryl/α,β-unsaturated/α-hetero) is 1. The summed E-state index contributed by atoms with van der Waals surface area (Å²) >= 11 is 0. The molecule has 118 valence electrons. The minimum atomic E-state index is -0.0553. The van der Waals surface area contributed by atoms with Crippen molar-refractivity contribution in [2.45, 2.75) is 58.8 Å². The van der Waals surface area contributed by atoms with Crippen LogP contribution < -0.4 is 0 Å². The number of carbonyl (C=O) groups excluding carboxylic acids is 2. The van der Waals surface area contributed by atoms with E-state index in [9.17, 15) is 9.59 Å². The number of fused-ring (bicyclic) bond motifs is 5. The highest BCUT2D eigenvalue weighted by atomic mass is 16.1. The van der Waals surface area contributed by atoms with Crippen LogP contribution in [0.25, 0.3) is 0 Å². The lowest BCUT2D eigenvalue weighted by Gasteiger charge is -2.57. The van der Waals surface area contributed by atoms with Crippen LogP contribution in [0.4, 0.5) is 0 Å². The van der Waals surface area contributed by atoms with Gasteiger partial charge in [-0.2, -0.15) is 0 Å². The molecular formula is C20H26O2. The van der Waals surface area contributed by atoms with Gasteiger partial charge in [0.25, 0.3) is 0 Å². The van der Waals surface area contributed by atoms with E-state index in [1.54, 1.807) is 0 Å². The molecule has 0 N–H and O–H groups in total. The van der Waals surface area contributed by atoms with E-state index < -0.39 is 0 Å². The number of ketones is 2. The van der Waals surface area contributed by atoms with Crippen molar-refractivity contribution in [1.29, 1.82) is 0 Å². The van der Waals surface area contributed by atoms with Gasteiger partial charge in [-0.05, 0) is 73.3 Å². The fourth-order valence-electron chi connectivity index (χ4n) is 6.37. The smallest absolute Gasteiger partial charge is 0.181 e. The summed E-state index contributed by atoms with van der Waals surface area (Å²) in [5.74, 6) is 2.51. The van der Waals surface area contributed by atoms with Gasteiger partial charge in [0, 0.05) is 11.8 Å². The predicted molar refractivity (Wildman–Crippen MR) is 86.2 cm³/mol. The lowest BCUT2D eigenvalue weighted by atomic mass is 9.47. The lowest BCUT2D eigenvalue weighted by molar-refractivity contribution is -0.132. The molecule has 2 nitrogen and oxygen atoms in total. The average Bonchev–Trinajstić information content (AvgIpc) is 2.77. The molecule has 22 heavy (non-hydrogen) atoms. The van der Waals surface area contributed by atoms with Crippen molar-refractivity contribution >= 4 is 11.6 Å². The Hall–Kier alpha value is -1.18. The van der Waals surface area contributed by atoms with E-state index in [-0.39, 0.29) is 16.6 Å². The van der Waals surface area contributed by atoms with Crippen LogP contribution in [-0.2, 0) is 9.59 Å². The number of carbonyl (C=O) groups is 2. The molecule has 0 aromatic rings. The maximum Gasteiger partial charge on any atom is 0.181 e. The first kappa shape index (κ1) is 14.4. The Morgan fingerprint density at radius 2 is 1.77 bits per heavy atom. The molecule has 0 amide bonds. The first-order valence-electron chi connectivity index (χ1n) is 8.83. The molecule has 0 saturated heterocycles. The van der Waals surface area contributed by atoms with Gasteiger partial charge in [-0.1, -0.05) is 26.0 Å². The van der Waals surface area contributed by atoms with Crippen molar-refractivity contribution in [3.8, 4) is 0 Å². The summed E-state index contributed by atoms with van der Waals surface area (Å²) in [5.41, 5.74) is 2.20. The molecule has 4 rings (SSSR count). The summed E-state index contributed by atoms with van der Waals surface area (Å²) in [6.45, 7) is 8.59. The topological polar surface area (TPSA) is 34.1 Å². The fourth-order valence-corrected chi connectivity index (χ4v) is 6.37. The van der Waals surface area contributed by atoms with Crippen LogP contribution in [0.15, 0.2) is 23.8 Å². The first-order chi connectivity index (χ1) is 10.4. The molecular weight excluding hydrogens is 272 g/mol. The third kappa shape index (κ3) is 1.67. The minimum Gasteiger partial charge on any atom is -0.299 e. The molecule has 0 radical (unpaired) electrons. The van der Waals surface area contributed by atoms with Crippen molar-refractivity contribution in [1.82, 2.24) is 0 Å². The van der Waals surface area contributed by atoms with Gasteiger partial charge < -0.3 is 0 Å². The normalized spacial score (nSPS) is 47.6. The quantitative estimate of drug-likeness (QED) is 0.626. The third-order valence-electron chi connectivity index (χ3n) is 7.68. The maximum absolute atomic E-state index is 12.4. The van der Waals surface area contributed by atoms with Crippen LogP contribution in [0, 0.1) is 28.6 Å². The molecule has 4 aliphatic carbocycles. The van der Waals surface area contributed by atoms with Gasteiger partial charge in [0.05, 0.1) is 0 Å². The average molecular weight is 298 g/mol. The maximum atomic E-state index is 12.4. The summed E-state index contributed by atoms with van der Waals surface area (Å²) in [7, 11) is 0. The van der Waals surface area contributed by atoms with E-state index in [2.05, 4.69) is 20.4 Å². The number of hydrogen-bond donors (Lipinski definition) is 0. The molecule has 0 bridgehead atoms. The molecule has 0 heterocycles. The van der Waals surface area contributed by atoms with E-state index >= 15 is 0 Å². The van der Waals surface area contributed by atoms with E-state index in [0.717, 1.165) is 44.1 Å². The lowest BCUT2D eigenvalue weighted by Crippen LogP contribution is -2.50. The number of rotatable bonds is 0. The molecule has 5 atom stereocenters. The number of allylic oxidation sites excluding steroid dienone is 2. The van der Waals surface area contributed by atoms with Crippen molar-refractivity contribution in [3.05, 3.63) is 23.8 Å². The molecule has 0 aromatic heterocycles. The molecule has 4 aliphatic rings. The molecule has 0 aliphatic heterocycles. The van der Waals surface area contributed by atoms with Crippen molar-refractivity contribution in [2.24, 2.45) is 28.6 Å². The molecule has 0 aromatic carbocycles. The molecule has 3 saturated carbocycles. The van der Waals surface area contributed by atoms with E-state index in [1.807, 2.05) is 6.08 Å². The van der Waals surface area contributed by atoms with Gasteiger partial charge in [0.2, 0.25) is 0 Å². The van der Waals surface area contributed by atoms with E-state index in [4.69, 9.17) is 0 Å². The summed E-state index contributed by atoms with van der Waals surface area (Å²) in [4.78, 5) is 24.4.